The fourth-order valence-corrected chi connectivity index (χ4v) is 1.23. The van der Waals surface area contributed by atoms with E-state index in [1.54, 1.807) is 24.0 Å². The van der Waals surface area contributed by atoms with Crippen LogP contribution < -0.4 is 10.6 Å². The van der Waals surface area contributed by atoms with Crippen LogP contribution in [0, 0.1) is 0 Å². The molecule has 6 nitrogen and oxygen atoms in total. The van der Waals surface area contributed by atoms with Gasteiger partial charge in [0.2, 0.25) is 0 Å². The van der Waals surface area contributed by atoms with Crippen molar-refractivity contribution in [2.75, 3.05) is 12.4 Å². The molecule has 0 radical (unpaired) electrons. The highest BCUT2D eigenvalue weighted by Crippen LogP contribution is 2.07. The maximum Gasteiger partial charge on any atom is 0.171 e. The van der Waals surface area contributed by atoms with Crippen molar-refractivity contribution < 1.29 is 0 Å². The van der Waals surface area contributed by atoms with Gasteiger partial charge in [0.15, 0.2) is 10.9 Å². The first kappa shape index (κ1) is 10.5. The van der Waals surface area contributed by atoms with Crippen molar-refractivity contribution in [3.8, 4) is 5.82 Å². The van der Waals surface area contributed by atoms with E-state index < -0.39 is 0 Å². The van der Waals surface area contributed by atoms with Gasteiger partial charge in [0.1, 0.15) is 12.1 Å². The Hall–Kier alpha value is -2.02. The molecule has 2 N–H and O–H groups in total. The zero-order valence-corrected chi connectivity index (χ0v) is 9.40. The van der Waals surface area contributed by atoms with Crippen molar-refractivity contribution in [2.24, 2.45) is 0 Å². The van der Waals surface area contributed by atoms with Crippen LogP contribution in [0.5, 0.6) is 0 Å². The van der Waals surface area contributed by atoms with Gasteiger partial charge < -0.3 is 10.6 Å². The lowest BCUT2D eigenvalue weighted by Gasteiger charge is -2.06. The summed E-state index contributed by atoms with van der Waals surface area (Å²) in [5.41, 5.74) is 0. The van der Waals surface area contributed by atoms with Crippen molar-refractivity contribution in [2.45, 2.75) is 0 Å². The second-order valence-electron chi connectivity index (χ2n) is 2.92. The van der Waals surface area contributed by atoms with Gasteiger partial charge in [0, 0.05) is 25.5 Å². The zero-order chi connectivity index (χ0) is 11.4. The van der Waals surface area contributed by atoms with Gasteiger partial charge in [-0.2, -0.15) is 5.10 Å². The van der Waals surface area contributed by atoms with E-state index in [1.165, 1.54) is 6.33 Å². The Balaban J connectivity index is 2.23. The first-order valence-electron chi connectivity index (χ1n) is 4.60. The van der Waals surface area contributed by atoms with Crippen molar-refractivity contribution in [1.29, 1.82) is 0 Å². The molecule has 0 aliphatic heterocycles. The quantitative estimate of drug-likeness (QED) is 0.741. The maximum absolute atomic E-state index is 4.98. The average Bonchev–Trinajstić information content (AvgIpc) is 2.83. The molecule has 0 amide bonds. The molecule has 0 unspecified atom stereocenters. The summed E-state index contributed by atoms with van der Waals surface area (Å²) in [5, 5.41) is 10.3. The standard InChI is InChI=1S/C9H10N6S/c1-10-9(16)14-7-5-8(12-6-11-7)15-4-2-3-13-15/h2-6H,1H3,(H2,10,11,12,14,16). The highest BCUT2D eigenvalue weighted by Gasteiger charge is 2.01. The van der Waals surface area contributed by atoms with Crippen LogP contribution in [0.2, 0.25) is 0 Å². The van der Waals surface area contributed by atoms with Crippen LogP contribution in [-0.4, -0.2) is 31.9 Å². The number of aromatic nitrogens is 4. The number of nitrogens with one attached hydrogen (secondary N) is 2. The monoisotopic (exact) mass is 234 g/mol. The number of nitrogens with zero attached hydrogens (tertiary/aromatic N) is 4. The Morgan fingerprint density at radius 3 is 3.00 bits per heavy atom. The predicted octanol–water partition coefficient (Wildman–Crippen LogP) is 0.578. The van der Waals surface area contributed by atoms with Gasteiger partial charge in [-0.25, -0.2) is 14.6 Å². The lowest BCUT2D eigenvalue weighted by molar-refractivity contribution is 0.840. The average molecular weight is 234 g/mol. The van der Waals surface area contributed by atoms with Gasteiger partial charge >= 0.3 is 0 Å². The molecule has 0 saturated carbocycles. The largest absolute Gasteiger partial charge is 0.365 e. The Labute approximate surface area is 97.7 Å². The Morgan fingerprint density at radius 2 is 2.31 bits per heavy atom. The van der Waals surface area contributed by atoms with Gasteiger partial charge in [-0.15, -0.1) is 0 Å². The van der Waals surface area contributed by atoms with Gasteiger partial charge in [-0.3, -0.25) is 0 Å². The topological polar surface area (TPSA) is 67.7 Å². The third-order valence-corrected chi connectivity index (χ3v) is 2.17. The Morgan fingerprint density at radius 1 is 1.44 bits per heavy atom. The molecule has 0 aliphatic carbocycles. The minimum Gasteiger partial charge on any atom is -0.365 e. The van der Waals surface area contributed by atoms with Crippen molar-refractivity contribution in [1.82, 2.24) is 25.1 Å². The van der Waals surface area contributed by atoms with E-state index in [-0.39, 0.29) is 0 Å². The molecule has 7 heteroatoms. The highest BCUT2D eigenvalue weighted by molar-refractivity contribution is 7.80. The summed E-state index contributed by atoms with van der Waals surface area (Å²) < 4.78 is 1.65. The number of hydrogen-bond donors (Lipinski definition) is 2. The van der Waals surface area contributed by atoms with Gasteiger partial charge in [-0.1, -0.05) is 0 Å². The minimum atomic E-state index is 0.505. The van der Waals surface area contributed by atoms with Crippen LogP contribution in [0.1, 0.15) is 0 Å². The fraction of sp³-hybridized carbons (Fsp3) is 0.111. The normalized spacial score (nSPS) is 9.81. The van der Waals surface area contributed by atoms with Crippen molar-refractivity contribution in [3.05, 3.63) is 30.9 Å². The molecule has 0 bridgehead atoms. The minimum absolute atomic E-state index is 0.505. The number of hydrogen-bond acceptors (Lipinski definition) is 4. The van der Waals surface area contributed by atoms with Gasteiger partial charge in [-0.05, 0) is 18.3 Å². The molecule has 2 aromatic heterocycles. The van der Waals surface area contributed by atoms with Crippen LogP contribution >= 0.6 is 12.2 Å². The third kappa shape index (κ3) is 2.31. The molecule has 0 aliphatic rings. The second kappa shape index (κ2) is 4.67. The van der Waals surface area contributed by atoms with E-state index in [1.807, 2.05) is 12.3 Å². The van der Waals surface area contributed by atoms with E-state index in [0.29, 0.717) is 16.7 Å². The lowest BCUT2D eigenvalue weighted by Crippen LogP contribution is -2.24. The summed E-state index contributed by atoms with van der Waals surface area (Å²) in [6, 6.07) is 3.59. The van der Waals surface area contributed by atoms with E-state index in [0.717, 1.165) is 0 Å². The van der Waals surface area contributed by atoms with Crippen LogP contribution in [0.15, 0.2) is 30.9 Å². The SMILES string of the molecule is CNC(=S)Nc1cc(-n2cccn2)ncn1. The van der Waals surface area contributed by atoms with Crippen molar-refractivity contribution in [3.63, 3.8) is 0 Å². The van der Waals surface area contributed by atoms with Gasteiger partial charge in [0.25, 0.3) is 0 Å². The van der Waals surface area contributed by atoms with E-state index in [9.17, 15) is 0 Å². The van der Waals surface area contributed by atoms with E-state index in [2.05, 4.69) is 25.7 Å². The van der Waals surface area contributed by atoms with E-state index >= 15 is 0 Å². The molecule has 0 aromatic carbocycles. The summed E-state index contributed by atoms with van der Waals surface area (Å²) in [6.45, 7) is 0. The summed E-state index contributed by atoms with van der Waals surface area (Å²) >= 11 is 4.98. The maximum atomic E-state index is 4.98. The third-order valence-electron chi connectivity index (χ3n) is 1.86. The first-order valence-corrected chi connectivity index (χ1v) is 5.01. The Kier molecular flexibility index (Phi) is 3.06. The number of rotatable bonds is 2. The van der Waals surface area contributed by atoms with Crippen LogP contribution in [0.4, 0.5) is 5.82 Å². The van der Waals surface area contributed by atoms with Crippen LogP contribution in [-0.2, 0) is 0 Å². The molecule has 2 heterocycles. The molecule has 2 aromatic rings. The lowest BCUT2D eigenvalue weighted by atomic mass is 10.5. The summed E-state index contributed by atoms with van der Waals surface area (Å²) in [6.07, 6.45) is 4.95. The number of anilines is 1. The highest BCUT2D eigenvalue weighted by atomic mass is 32.1. The molecule has 0 saturated heterocycles. The molecule has 82 valence electrons. The van der Waals surface area contributed by atoms with Gasteiger partial charge in [0.05, 0.1) is 0 Å². The molecular weight excluding hydrogens is 224 g/mol. The molecule has 0 atom stereocenters. The first-order chi connectivity index (χ1) is 7.79. The molecular formula is C9H10N6S. The second-order valence-corrected chi connectivity index (χ2v) is 3.32. The fourth-order valence-electron chi connectivity index (χ4n) is 1.12. The predicted molar refractivity (Wildman–Crippen MR) is 64.4 cm³/mol. The molecule has 2 rings (SSSR count). The zero-order valence-electron chi connectivity index (χ0n) is 8.58. The van der Waals surface area contributed by atoms with Crippen LogP contribution in [0.25, 0.3) is 5.82 Å². The molecule has 16 heavy (non-hydrogen) atoms. The summed E-state index contributed by atoms with van der Waals surface area (Å²) in [7, 11) is 1.74. The molecule has 0 spiro atoms. The Bertz CT molecular complexity index is 481. The van der Waals surface area contributed by atoms with Crippen LogP contribution in [0.3, 0.4) is 0 Å². The van der Waals surface area contributed by atoms with E-state index in [4.69, 9.17) is 12.2 Å². The summed E-state index contributed by atoms with van der Waals surface area (Å²) in [4.78, 5) is 8.15. The number of thiocarbonyl (C=S) groups is 1. The molecule has 0 fully saturated rings. The summed E-state index contributed by atoms with van der Waals surface area (Å²) in [5.74, 6) is 1.31. The van der Waals surface area contributed by atoms with Crippen molar-refractivity contribution >= 4 is 23.1 Å². The smallest absolute Gasteiger partial charge is 0.171 e.